The second-order valence-corrected chi connectivity index (χ2v) is 3.57. The van der Waals surface area contributed by atoms with Crippen LogP contribution in [0.2, 0.25) is 0 Å². The maximum absolute atomic E-state index is 11.0. The molecule has 1 aliphatic carbocycles. The van der Waals surface area contributed by atoms with E-state index in [0.717, 1.165) is 22.3 Å². The Balaban J connectivity index is 2.47. The molecule has 0 atom stereocenters. The maximum atomic E-state index is 11.0. The van der Waals surface area contributed by atoms with E-state index >= 15 is 0 Å². The Morgan fingerprint density at radius 1 is 0.667 bits per heavy atom. The highest BCUT2D eigenvalue weighted by Crippen LogP contribution is 2.42. The molecule has 15 heavy (non-hydrogen) atoms. The number of hydrogen-bond acceptors (Lipinski definition) is 1. The highest BCUT2D eigenvalue weighted by atomic mass is 16.1. The molecule has 1 nitrogen and oxygen atoms in total. The summed E-state index contributed by atoms with van der Waals surface area (Å²) in [6, 6.07) is 15.9. The zero-order valence-corrected chi connectivity index (χ0v) is 8.03. The minimum absolute atomic E-state index is 0.682. The topological polar surface area (TPSA) is 17.1 Å². The smallest absolute Gasteiger partial charge is 0.133 e. The first-order valence-electron chi connectivity index (χ1n) is 4.86. The van der Waals surface area contributed by atoms with Crippen molar-refractivity contribution >= 4 is 11.5 Å². The van der Waals surface area contributed by atoms with Crippen LogP contribution in [0.4, 0.5) is 0 Å². The summed E-state index contributed by atoms with van der Waals surface area (Å²) in [5.41, 5.74) is 4.93. The highest BCUT2D eigenvalue weighted by Gasteiger charge is 2.22. The highest BCUT2D eigenvalue weighted by molar-refractivity contribution is 6.09. The summed E-state index contributed by atoms with van der Waals surface area (Å²) in [4.78, 5) is 11.0. The van der Waals surface area contributed by atoms with Crippen LogP contribution in [-0.4, -0.2) is 5.94 Å². The van der Waals surface area contributed by atoms with Gasteiger partial charge in [0.1, 0.15) is 5.94 Å². The number of fused-ring (bicyclic) bond motifs is 3. The lowest BCUT2D eigenvalue weighted by Crippen LogP contribution is -1.80. The number of benzene rings is 2. The summed E-state index contributed by atoms with van der Waals surface area (Å²) in [5, 5.41) is 0. The predicted octanol–water partition coefficient (Wildman–Crippen LogP) is 2.93. The van der Waals surface area contributed by atoms with Gasteiger partial charge in [-0.05, 0) is 11.1 Å². The van der Waals surface area contributed by atoms with Gasteiger partial charge in [0, 0.05) is 11.1 Å². The predicted molar refractivity (Wildman–Crippen MR) is 60.1 cm³/mol. The van der Waals surface area contributed by atoms with Crippen LogP contribution in [-0.2, 0) is 4.79 Å². The van der Waals surface area contributed by atoms with Gasteiger partial charge in [-0.3, -0.25) is 0 Å². The molecule has 0 radical (unpaired) electrons. The number of hydrogen-bond donors (Lipinski definition) is 0. The molecule has 0 spiro atoms. The number of rotatable bonds is 0. The van der Waals surface area contributed by atoms with E-state index in [9.17, 15) is 4.79 Å². The molecule has 0 saturated heterocycles. The van der Waals surface area contributed by atoms with Crippen molar-refractivity contribution in [3.05, 3.63) is 59.7 Å². The van der Waals surface area contributed by atoms with Crippen LogP contribution in [0, 0.1) is 0 Å². The Morgan fingerprint density at radius 3 is 1.47 bits per heavy atom. The lowest BCUT2D eigenvalue weighted by atomic mass is 10.1. The van der Waals surface area contributed by atoms with Gasteiger partial charge >= 0.3 is 0 Å². The van der Waals surface area contributed by atoms with Crippen molar-refractivity contribution in [1.29, 1.82) is 0 Å². The van der Waals surface area contributed by atoms with Crippen molar-refractivity contribution in [1.82, 2.24) is 0 Å². The fraction of sp³-hybridized carbons (Fsp3) is 0. The molecule has 2 aromatic carbocycles. The first-order chi connectivity index (χ1) is 7.42. The van der Waals surface area contributed by atoms with Gasteiger partial charge in [-0.25, -0.2) is 4.79 Å². The van der Waals surface area contributed by atoms with E-state index in [1.807, 2.05) is 54.5 Å². The van der Waals surface area contributed by atoms with E-state index in [1.165, 1.54) is 0 Å². The third kappa shape index (κ3) is 1.01. The molecule has 0 aromatic heterocycles. The van der Waals surface area contributed by atoms with Crippen LogP contribution in [0.25, 0.3) is 16.7 Å². The first-order valence-corrected chi connectivity index (χ1v) is 4.86. The van der Waals surface area contributed by atoms with E-state index in [4.69, 9.17) is 0 Å². The average molecular weight is 192 g/mol. The standard InChI is InChI=1S/C14H8O/c15-9-14-12-7-3-1-5-10(12)11-6-2-4-8-13(11)14/h1-8H. The summed E-state index contributed by atoms with van der Waals surface area (Å²) < 4.78 is 0. The molecule has 0 bridgehead atoms. The zero-order valence-electron chi connectivity index (χ0n) is 8.03. The summed E-state index contributed by atoms with van der Waals surface area (Å²) in [6.45, 7) is 0. The SMILES string of the molecule is O=C=C1c2ccccc2-c2ccccc21. The third-order valence-electron chi connectivity index (χ3n) is 2.79. The van der Waals surface area contributed by atoms with Crippen LogP contribution in [0.1, 0.15) is 11.1 Å². The Labute approximate surface area is 87.7 Å². The summed E-state index contributed by atoms with van der Waals surface area (Å²) in [5.74, 6) is 2.04. The fourth-order valence-electron chi connectivity index (χ4n) is 2.13. The van der Waals surface area contributed by atoms with Crippen LogP contribution >= 0.6 is 0 Å². The Kier molecular flexibility index (Phi) is 1.61. The van der Waals surface area contributed by atoms with E-state index in [-0.39, 0.29) is 0 Å². The van der Waals surface area contributed by atoms with E-state index < -0.39 is 0 Å². The minimum atomic E-state index is 0.682. The molecule has 1 heteroatoms. The zero-order chi connectivity index (χ0) is 10.3. The van der Waals surface area contributed by atoms with Crippen LogP contribution in [0.5, 0.6) is 0 Å². The Hall–Kier alpha value is -2.11. The summed E-state index contributed by atoms with van der Waals surface area (Å²) >= 11 is 0. The third-order valence-corrected chi connectivity index (χ3v) is 2.79. The maximum Gasteiger partial charge on any atom is 0.133 e. The second kappa shape index (κ2) is 2.94. The molecule has 3 rings (SSSR count). The van der Waals surface area contributed by atoms with Gasteiger partial charge in [0.15, 0.2) is 0 Å². The van der Waals surface area contributed by atoms with Crippen LogP contribution < -0.4 is 0 Å². The van der Waals surface area contributed by atoms with Crippen molar-refractivity contribution < 1.29 is 4.79 Å². The van der Waals surface area contributed by atoms with Crippen molar-refractivity contribution in [3.8, 4) is 11.1 Å². The lowest BCUT2D eigenvalue weighted by Gasteiger charge is -1.97. The van der Waals surface area contributed by atoms with Gasteiger partial charge < -0.3 is 0 Å². The van der Waals surface area contributed by atoms with E-state index in [0.29, 0.717) is 5.57 Å². The van der Waals surface area contributed by atoms with Crippen molar-refractivity contribution in [2.24, 2.45) is 0 Å². The molecule has 70 valence electrons. The first kappa shape index (κ1) is 8.22. The molecule has 0 N–H and O–H groups in total. The van der Waals surface area contributed by atoms with Crippen molar-refractivity contribution in [3.63, 3.8) is 0 Å². The fourth-order valence-corrected chi connectivity index (χ4v) is 2.13. The van der Waals surface area contributed by atoms with Crippen molar-refractivity contribution in [2.75, 3.05) is 0 Å². The molecule has 0 aliphatic heterocycles. The van der Waals surface area contributed by atoms with Gasteiger partial charge in [-0.1, -0.05) is 48.5 Å². The Bertz CT molecular complexity index is 542. The van der Waals surface area contributed by atoms with Gasteiger partial charge in [0.05, 0.1) is 5.57 Å². The second-order valence-electron chi connectivity index (χ2n) is 3.57. The summed E-state index contributed by atoms with van der Waals surface area (Å²) in [6.07, 6.45) is 0. The monoisotopic (exact) mass is 192 g/mol. The molecule has 1 aliphatic rings. The molecule has 0 saturated carbocycles. The van der Waals surface area contributed by atoms with Gasteiger partial charge in [0.2, 0.25) is 0 Å². The molecule has 0 amide bonds. The molecule has 0 fully saturated rings. The number of carbonyl (C=O) groups excluding carboxylic acids is 1. The molecular weight excluding hydrogens is 184 g/mol. The van der Waals surface area contributed by atoms with Gasteiger partial charge in [-0.2, -0.15) is 0 Å². The normalized spacial score (nSPS) is 11.9. The summed E-state index contributed by atoms with van der Waals surface area (Å²) in [7, 11) is 0. The van der Waals surface area contributed by atoms with Crippen LogP contribution in [0.15, 0.2) is 48.5 Å². The molecule has 0 unspecified atom stereocenters. The molecular formula is C14H8O. The van der Waals surface area contributed by atoms with E-state index in [1.54, 1.807) is 0 Å². The molecule has 2 aromatic rings. The van der Waals surface area contributed by atoms with E-state index in [2.05, 4.69) is 0 Å². The quantitative estimate of drug-likeness (QED) is 0.500. The van der Waals surface area contributed by atoms with Gasteiger partial charge in [-0.15, -0.1) is 0 Å². The van der Waals surface area contributed by atoms with Crippen LogP contribution in [0.3, 0.4) is 0 Å². The Morgan fingerprint density at radius 2 is 1.07 bits per heavy atom. The largest absolute Gasteiger partial charge is 0.233 e. The lowest BCUT2D eigenvalue weighted by molar-refractivity contribution is 0.569. The average Bonchev–Trinajstić information content (AvgIpc) is 2.63. The minimum Gasteiger partial charge on any atom is -0.233 e. The van der Waals surface area contributed by atoms with Crippen molar-refractivity contribution in [2.45, 2.75) is 0 Å². The van der Waals surface area contributed by atoms with Gasteiger partial charge in [0.25, 0.3) is 0 Å². The molecule has 0 heterocycles.